The molecule has 0 radical (unpaired) electrons. The van der Waals surface area contributed by atoms with Gasteiger partial charge in [-0.3, -0.25) is 4.79 Å². The molecule has 0 bridgehead atoms. The Balaban J connectivity index is 3.41. The van der Waals surface area contributed by atoms with Crippen LogP contribution >= 0.6 is 22.6 Å². The summed E-state index contributed by atoms with van der Waals surface area (Å²) < 4.78 is 42.1. The molecule has 0 fully saturated rings. The number of hydrogen-bond donors (Lipinski definition) is 2. The first-order valence-corrected chi connectivity index (χ1v) is 7.67. The maximum Gasteiger partial charge on any atom is 0.471 e. The van der Waals surface area contributed by atoms with Gasteiger partial charge >= 0.3 is 18.1 Å². The smallest absolute Gasteiger partial charge is 0.465 e. The zero-order valence-electron chi connectivity index (χ0n) is 12.6. The fourth-order valence-electron chi connectivity index (χ4n) is 1.52. The Labute approximate surface area is 149 Å². The van der Waals surface area contributed by atoms with Crippen molar-refractivity contribution >= 4 is 40.2 Å². The minimum atomic E-state index is -5.07. The number of nitrogens with one attached hydrogen (secondary N) is 1. The SMILES string of the molecule is CCC(O)C#Cc1cc(C(=O)OC)cc(I)c1NC(=O)C(F)(F)F. The van der Waals surface area contributed by atoms with Crippen molar-refractivity contribution in [2.45, 2.75) is 25.6 Å². The number of aliphatic hydroxyl groups is 1. The van der Waals surface area contributed by atoms with Crippen LogP contribution in [0.2, 0.25) is 0 Å². The Bertz CT molecular complexity index is 707. The number of benzene rings is 1. The number of halogens is 4. The number of methoxy groups -OCH3 is 1. The average Bonchev–Trinajstić information content (AvgIpc) is 2.52. The number of rotatable bonds is 3. The third-order valence-corrected chi connectivity index (χ3v) is 3.62. The summed E-state index contributed by atoms with van der Waals surface area (Å²) in [5.74, 6) is 2.05. The zero-order valence-corrected chi connectivity index (χ0v) is 14.8. The second-order valence-corrected chi connectivity index (χ2v) is 5.68. The van der Waals surface area contributed by atoms with E-state index < -0.39 is 24.2 Å². The van der Waals surface area contributed by atoms with Crippen molar-refractivity contribution in [3.63, 3.8) is 0 Å². The fraction of sp³-hybridized carbons (Fsp3) is 0.333. The summed E-state index contributed by atoms with van der Waals surface area (Å²) in [6, 6.07) is 2.45. The number of ether oxygens (including phenoxy) is 1. The number of carbonyl (C=O) groups excluding carboxylic acids is 2. The van der Waals surface area contributed by atoms with Crippen LogP contribution in [0.15, 0.2) is 12.1 Å². The molecule has 9 heteroatoms. The summed E-state index contributed by atoms with van der Waals surface area (Å²) in [6.45, 7) is 1.67. The maximum atomic E-state index is 12.5. The Morgan fingerprint density at radius 3 is 2.54 bits per heavy atom. The largest absolute Gasteiger partial charge is 0.471 e. The molecule has 5 nitrogen and oxygen atoms in total. The third kappa shape index (κ3) is 5.38. The second-order valence-electron chi connectivity index (χ2n) is 4.52. The van der Waals surface area contributed by atoms with Crippen molar-refractivity contribution in [1.82, 2.24) is 0 Å². The van der Waals surface area contributed by atoms with E-state index in [2.05, 4.69) is 16.6 Å². The van der Waals surface area contributed by atoms with Gasteiger partial charge in [0.2, 0.25) is 0 Å². The molecule has 0 spiro atoms. The number of esters is 1. The van der Waals surface area contributed by atoms with E-state index in [0.29, 0.717) is 6.42 Å². The summed E-state index contributed by atoms with van der Waals surface area (Å²) >= 11 is 1.67. The molecule has 0 saturated carbocycles. The number of aliphatic hydroxyl groups excluding tert-OH is 1. The van der Waals surface area contributed by atoms with Crippen molar-refractivity contribution in [1.29, 1.82) is 0 Å². The van der Waals surface area contributed by atoms with Gasteiger partial charge in [-0.2, -0.15) is 13.2 Å². The van der Waals surface area contributed by atoms with E-state index in [-0.39, 0.29) is 20.4 Å². The van der Waals surface area contributed by atoms with Crippen LogP contribution in [0.3, 0.4) is 0 Å². The summed E-state index contributed by atoms with van der Waals surface area (Å²) in [7, 11) is 1.15. The van der Waals surface area contributed by atoms with Crippen LogP contribution in [-0.2, 0) is 9.53 Å². The van der Waals surface area contributed by atoms with Gasteiger partial charge in [-0.15, -0.1) is 0 Å². The molecule has 1 atom stereocenters. The van der Waals surface area contributed by atoms with Gasteiger partial charge in [0.1, 0.15) is 6.10 Å². The van der Waals surface area contributed by atoms with Gasteiger partial charge in [-0.1, -0.05) is 18.8 Å². The van der Waals surface area contributed by atoms with Crippen molar-refractivity contribution in [3.05, 3.63) is 26.8 Å². The Morgan fingerprint density at radius 2 is 2.04 bits per heavy atom. The lowest BCUT2D eigenvalue weighted by atomic mass is 10.1. The molecule has 0 aliphatic heterocycles. The zero-order chi connectivity index (χ0) is 18.5. The lowest BCUT2D eigenvalue weighted by Gasteiger charge is -2.13. The summed E-state index contributed by atoms with van der Waals surface area (Å²) in [4.78, 5) is 22.8. The fourth-order valence-corrected chi connectivity index (χ4v) is 2.28. The molecule has 24 heavy (non-hydrogen) atoms. The highest BCUT2D eigenvalue weighted by molar-refractivity contribution is 14.1. The van der Waals surface area contributed by atoms with E-state index in [4.69, 9.17) is 0 Å². The van der Waals surface area contributed by atoms with E-state index in [1.807, 2.05) is 0 Å². The van der Waals surface area contributed by atoms with Gasteiger partial charge < -0.3 is 15.2 Å². The lowest BCUT2D eigenvalue weighted by molar-refractivity contribution is -0.167. The number of carbonyl (C=O) groups is 2. The van der Waals surface area contributed by atoms with Crippen LogP contribution in [0.4, 0.5) is 18.9 Å². The molecule has 1 aromatic rings. The predicted octanol–water partition coefficient (Wildman–Crippen LogP) is 2.70. The van der Waals surface area contributed by atoms with Crippen LogP contribution in [-0.4, -0.2) is 36.4 Å². The van der Waals surface area contributed by atoms with Crippen LogP contribution in [0.5, 0.6) is 0 Å². The van der Waals surface area contributed by atoms with Gasteiger partial charge in [0.15, 0.2) is 0 Å². The van der Waals surface area contributed by atoms with E-state index in [0.717, 1.165) is 7.11 Å². The van der Waals surface area contributed by atoms with E-state index in [1.54, 1.807) is 34.8 Å². The number of anilines is 1. The van der Waals surface area contributed by atoms with Crippen LogP contribution in [0.25, 0.3) is 0 Å². The van der Waals surface area contributed by atoms with Crippen LogP contribution in [0, 0.1) is 15.4 Å². The summed E-state index contributed by atoms with van der Waals surface area (Å²) in [5, 5.41) is 11.2. The van der Waals surface area contributed by atoms with Crippen molar-refractivity contribution in [3.8, 4) is 11.8 Å². The highest BCUT2D eigenvalue weighted by Gasteiger charge is 2.39. The van der Waals surface area contributed by atoms with Gasteiger partial charge in [0.25, 0.3) is 0 Å². The summed E-state index contributed by atoms with van der Waals surface area (Å²) in [6.07, 6.45) is -5.75. The molecule has 2 N–H and O–H groups in total. The minimum absolute atomic E-state index is 0.0348. The van der Waals surface area contributed by atoms with Crippen molar-refractivity contribution in [2.75, 3.05) is 12.4 Å². The summed E-state index contributed by atoms with van der Waals surface area (Å²) in [5.41, 5.74) is -0.170. The molecule has 0 heterocycles. The molecule has 1 aromatic carbocycles. The quantitative estimate of drug-likeness (QED) is 0.418. The maximum absolute atomic E-state index is 12.5. The molecular formula is C15H13F3INO4. The Morgan fingerprint density at radius 1 is 1.42 bits per heavy atom. The normalized spacial score (nSPS) is 12.0. The van der Waals surface area contributed by atoms with Gasteiger partial charge in [-0.05, 0) is 41.1 Å². The first-order valence-electron chi connectivity index (χ1n) is 6.59. The monoisotopic (exact) mass is 455 g/mol. The van der Waals surface area contributed by atoms with E-state index in [9.17, 15) is 27.9 Å². The average molecular weight is 455 g/mol. The lowest BCUT2D eigenvalue weighted by Crippen LogP contribution is -2.30. The van der Waals surface area contributed by atoms with Crippen molar-refractivity contribution < 1.29 is 32.6 Å². The number of hydrogen-bond acceptors (Lipinski definition) is 4. The highest BCUT2D eigenvalue weighted by Crippen LogP contribution is 2.27. The molecule has 1 rings (SSSR count). The number of amides is 1. The molecule has 0 saturated heterocycles. The molecule has 0 aliphatic carbocycles. The molecule has 0 aliphatic rings. The predicted molar refractivity (Wildman–Crippen MR) is 88.4 cm³/mol. The van der Waals surface area contributed by atoms with Crippen molar-refractivity contribution in [2.24, 2.45) is 0 Å². The highest BCUT2D eigenvalue weighted by atomic mass is 127. The third-order valence-electron chi connectivity index (χ3n) is 2.77. The minimum Gasteiger partial charge on any atom is -0.465 e. The van der Waals surface area contributed by atoms with Crippen LogP contribution in [0.1, 0.15) is 29.3 Å². The van der Waals surface area contributed by atoms with Gasteiger partial charge in [0, 0.05) is 3.57 Å². The Hall–Kier alpha value is -1.80. The van der Waals surface area contributed by atoms with E-state index >= 15 is 0 Å². The number of alkyl halides is 3. The van der Waals surface area contributed by atoms with E-state index in [1.165, 1.54) is 12.1 Å². The molecule has 130 valence electrons. The first kappa shape index (κ1) is 20.2. The molecular weight excluding hydrogens is 442 g/mol. The van der Waals surface area contributed by atoms with Crippen LogP contribution < -0.4 is 5.32 Å². The first-order chi connectivity index (χ1) is 11.1. The second kappa shape index (κ2) is 8.34. The van der Waals surface area contributed by atoms with Gasteiger partial charge in [-0.25, -0.2) is 4.79 Å². The molecule has 0 aromatic heterocycles. The Kier molecular flexibility index (Phi) is 7.04. The molecule has 1 amide bonds. The standard InChI is InChI=1S/C15H13F3INO4/c1-3-10(21)5-4-8-6-9(13(22)24-2)7-11(19)12(8)20-14(23)15(16,17)18/h6-7,10,21H,3H2,1-2H3,(H,20,23). The van der Waals surface area contributed by atoms with Gasteiger partial charge in [0.05, 0.1) is 23.9 Å². The topological polar surface area (TPSA) is 75.6 Å². The molecule has 1 unspecified atom stereocenters.